The molecular weight excluding hydrogens is 418 g/mol. The summed E-state index contributed by atoms with van der Waals surface area (Å²) in [6.45, 7) is 4.46. The average molecular weight is 441 g/mol. The lowest BCUT2D eigenvalue weighted by atomic mass is 10.1. The summed E-state index contributed by atoms with van der Waals surface area (Å²) in [6, 6.07) is 21.6. The zero-order chi connectivity index (χ0) is 23.4. The highest BCUT2D eigenvalue weighted by atomic mass is 16.6. The molecule has 0 aliphatic heterocycles. The molecule has 8 heteroatoms. The Morgan fingerprint density at radius 1 is 1.03 bits per heavy atom. The molecule has 0 radical (unpaired) electrons. The zero-order valence-corrected chi connectivity index (χ0v) is 18.3. The molecule has 0 saturated heterocycles. The van der Waals surface area contributed by atoms with Crippen molar-refractivity contribution < 1.29 is 9.72 Å². The first kappa shape index (κ1) is 21.8. The van der Waals surface area contributed by atoms with Crippen molar-refractivity contribution in [2.24, 2.45) is 5.10 Å². The lowest BCUT2D eigenvalue weighted by Crippen LogP contribution is -2.24. The Kier molecular flexibility index (Phi) is 6.17. The topological polar surface area (TPSA) is 102 Å². The van der Waals surface area contributed by atoms with Gasteiger partial charge in [0.2, 0.25) is 0 Å². The average Bonchev–Trinajstić information content (AvgIpc) is 3.07. The summed E-state index contributed by atoms with van der Waals surface area (Å²) in [5, 5.41) is 18.9. The Labute approximate surface area is 190 Å². The number of anilines is 1. The van der Waals surface area contributed by atoms with E-state index in [0.717, 1.165) is 39.0 Å². The molecule has 2 N–H and O–H groups in total. The summed E-state index contributed by atoms with van der Waals surface area (Å²) in [5.74, 6) is 0. The molecule has 4 rings (SSSR count). The van der Waals surface area contributed by atoms with Crippen LogP contribution in [0.4, 0.5) is 16.2 Å². The van der Waals surface area contributed by atoms with E-state index in [1.54, 1.807) is 18.3 Å². The molecule has 166 valence electrons. The minimum Gasteiger partial charge on any atom is -0.340 e. The maximum atomic E-state index is 12.2. The van der Waals surface area contributed by atoms with Gasteiger partial charge in [-0.25, -0.2) is 10.2 Å². The summed E-state index contributed by atoms with van der Waals surface area (Å²) in [5.41, 5.74) is 8.09. The molecule has 8 nitrogen and oxygen atoms in total. The summed E-state index contributed by atoms with van der Waals surface area (Å²) in [6.07, 6.45) is 1.64. The van der Waals surface area contributed by atoms with Crippen molar-refractivity contribution >= 4 is 34.5 Å². The van der Waals surface area contributed by atoms with Gasteiger partial charge < -0.3 is 9.88 Å². The third kappa shape index (κ3) is 4.74. The van der Waals surface area contributed by atoms with E-state index in [0.29, 0.717) is 6.54 Å². The van der Waals surface area contributed by atoms with Crippen LogP contribution in [0.2, 0.25) is 0 Å². The van der Waals surface area contributed by atoms with E-state index in [2.05, 4.69) is 20.4 Å². The highest BCUT2D eigenvalue weighted by molar-refractivity contribution is 6.01. The number of aryl methyl sites for hydroxylation is 1. The van der Waals surface area contributed by atoms with E-state index >= 15 is 0 Å². The van der Waals surface area contributed by atoms with Gasteiger partial charge in [-0.3, -0.25) is 10.1 Å². The van der Waals surface area contributed by atoms with Crippen LogP contribution in [0, 0.1) is 24.0 Å². The number of nitrogens with zero attached hydrogens (tertiary/aromatic N) is 3. The molecule has 1 aromatic heterocycles. The molecule has 0 aliphatic carbocycles. The number of aromatic nitrogens is 1. The Bertz CT molecular complexity index is 1360. The van der Waals surface area contributed by atoms with Crippen molar-refractivity contribution in [2.75, 3.05) is 5.32 Å². The van der Waals surface area contributed by atoms with Crippen LogP contribution in [0.1, 0.15) is 22.4 Å². The first-order valence-corrected chi connectivity index (χ1v) is 10.4. The van der Waals surface area contributed by atoms with Gasteiger partial charge in [0.25, 0.3) is 5.69 Å². The second-order valence-electron chi connectivity index (χ2n) is 7.66. The molecule has 0 unspecified atom stereocenters. The van der Waals surface area contributed by atoms with Crippen molar-refractivity contribution in [3.63, 3.8) is 0 Å². The number of nitro benzene ring substituents is 1. The van der Waals surface area contributed by atoms with Crippen LogP contribution in [0.3, 0.4) is 0 Å². The van der Waals surface area contributed by atoms with Crippen molar-refractivity contribution in [1.82, 2.24) is 9.99 Å². The third-order valence-electron chi connectivity index (χ3n) is 5.52. The first-order chi connectivity index (χ1) is 15.9. The van der Waals surface area contributed by atoms with Gasteiger partial charge >= 0.3 is 6.03 Å². The van der Waals surface area contributed by atoms with Gasteiger partial charge in [-0.1, -0.05) is 48.5 Å². The molecule has 2 amide bonds. The molecule has 33 heavy (non-hydrogen) atoms. The predicted molar refractivity (Wildman–Crippen MR) is 130 cm³/mol. The normalized spacial score (nSPS) is 11.1. The number of hydrogen-bond acceptors (Lipinski definition) is 4. The van der Waals surface area contributed by atoms with Gasteiger partial charge in [-0.2, -0.15) is 5.10 Å². The molecule has 0 spiro atoms. The smallest absolute Gasteiger partial charge is 0.339 e. The van der Waals surface area contributed by atoms with Crippen LogP contribution in [-0.4, -0.2) is 21.7 Å². The molecule has 0 fully saturated rings. The molecule has 0 atom stereocenters. The number of nitro groups is 1. The number of carbonyl (C=O) groups is 1. The number of urea groups is 1. The fourth-order valence-corrected chi connectivity index (χ4v) is 3.75. The molecule has 0 aliphatic rings. The van der Waals surface area contributed by atoms with E-state index < -0.39 is 11.0 Å². The van der Waals surface area contributed by atoms with Crippen LogP contribution >= 0.6 is 0 Å². The van der Waals surface area contributed by atoms with Crippen LogP contribution < -0.4 is 10.7 Å². The molecule has 4 aromatic rings. The number of fused-ring (bicyclic) bond motifs is 1. The lowest BCUT2D eigenvalue weighted by molar-refractivity contribution is -0.384. The minimum atomic E-state index is -0.423. The van der Waals surface area contributed by atoms with Gasteiger partial charge in [-0.05, 0) is 37.1 Å². The number of hydrogen-bond donors (Lipinski definition) is 2. The second kappa shape index (κ2) is 9.35. The van der Waals surface area contributed by atoms with Crippen molar-refractivity contribution in [2.45, 2.75) is 20.4 Å². The van der Waals surface area contributed by atoms with Gasteiger partial charge in [-0.15, -0.1) is 0 Å². The second-order valence-corrected chi connectivity index (χ2v) is 7.66. The Balaban J connectivity index is 1.55. The molecular formula is C25H23N5O3. The number of hydrazone groups is 1. The van der Waals surface area contributed by atoms with E-state index in [4.69, 9.17) is 0 Å². The van der Waals surface area contributed by atoms with E-state index in [1.807, 2.05) is 62.4 Å². The van der Waals surface area contributed by atoms with Crippen molar-refractivity contribution in [3.05, 3.63) is 105 Å². The summed E-state index contributed by atoms with van der Waals surface area (Å²) >= 11 is 0. The van der Waals surface area contributed by atoms with Crippen molar-refractivity contribution in [3.8, 4) is 0 Å². The van der Waals surface area contributed by atoms with Crippen LogP contribution in [0.25, 0.3) is 10.9 Å². The molecule has 0 bridgehead atoms. The van der Waals surface area contributed by atoms with E-state index in [9.17, 15) is 14.9 Å². The fraction of sp³-hybridized carbons (Fsp3) is 0.120. The molecule has 1 heterocycles. The highest BCUT2D eigenvalue weighted by Crippen LogP contribution is 2.26. The molecule has 0 saturated carbocycles. The number of nitrogens with one attached hydrogen (secondary N) is 2. The van der Waals surface area contributed by atoms with E-state index in [1.165, 1.54) is 12.1 Å². The van der Waals surface area contributed by atoms with Gasteiger partial charge in [0.15, 0.2) is 0 Å². The van der Waals surface area contributed by atoms with E-state index in [-0.39, 0.29) is 5.69 Å². The standard InChI is InChI=1S/C25H23N5O3/c1-17-7-3-5-9-23(17)27-25(31)28-26-15-22-18(2)29(24-10-6-4-8-21(22)24)16-19-11-13-20(14-12-19)30(32)33/h3-15H,16H2,1-2H3,(H2,27,28,31). The summed E-state index contributed by atoms with van der Waals surface area (Å²) < 4.78 is 2.13. The monoisotopic (exact) mass is 441 g/mol. The summed E-state index contributed by atoms with van der Waals surface area (Å²) in [7, 11) is 0. The minimum absolute atomic E-state index is 0.0655. The van der Waals surface area contributed by atoms with Gasteiger partial charge in [0.1, 0.15) is 0 Å². The maximum Gasteiger partial charge on any atom is 0.339 e. The van der Waals surface area contributed by atoms with Crippen LogP contribution in [0.15, 0.2) is 77.9 Å². The van der Waals surface area contributed by atoms with Crippen LogP contribution in [-0.2, 0) is 6.54 Å². The Morgan fingerprint density at radius 2 is 1.73 bits per heavy atom. The van der Waals surface area contributed by atoms with Crippen LogP contribution in [0.5, 0.6) is 0 Å². The number of amides is 2. The van der Waals surface area contributed by atoms with Crippen molar-refractivity contribution in [1.29, 1.82) is 0 Å². The number of para-hydroxylation sites is 2. The number of rotatable bonds is 6. The Morgan fingerprint density at radius 3 is 2.45 bits per heavy atom. The third-order valence-corrected chi connectivity index (χ3v) is 5.52. The number of benzene rings is 3. The SMILES string of the molecule is Cc1ccccc1NC(=O)NN=Cc1c(C)n(Cc2ccc([N+](=O)[O-])cc2)c2ccccc12. The first-order valence-electron chi connectivity index (χ1n) is 10.4. The van der Waals surface area contributed by atoms with Gasteiger partial charge in [0, 0.05) is 46.5 Å². The Hall–Kier alpha value is -4.46. The highest BCUT2D eigenvalue weighted by Gasteiger charge is 2.13. The maximum absolute atomic E-state index is 12.2. The fourth-order valence-electron chi connectivity index (χ4n) is 3.75. The summed E-state index contributed by atoms with van der Waals surface area (Å²) in [4.78, 5) is 22.8. The quantitative estimate of drug-likeness (QED) is 0.239. The predicted octanol–water partition coefficient (Wildman–Crippen LogP) is 5.37. The number of non-ortho nitro benzene ring substituents is 1. The molecule has 3 aromatic carbocycles. The van der Waals surface area contributed by atoms with Gasteiger partial charge in [0.05, 0.1) is 11.1 Å². The zero-order valence-electron chi connectivity index (χ0n) is 18.3. The number of carbonyl (C=O) groups excluding carboxylic acids is 1. The lowest BCUT2D eigenvalue weighted by Gasteiger charge is -2.09. The largest absolute Gasteiger partial charge is 0.340 e.